The Labute approximate surface area is 110 Å². The van der Waals surface area contributed by atoms with E-state index in [2.05, 4.69) is 0 Å². The predicted molar refractivity (Wildman–Crippen MR) is 70.3 cm³/mol. The van der Waals surface area contributed by atoms with Crippen LogP contribution in [0.3, 0.4) is 0 Å². The Hall–Kier alpha value is -0.170. The van der Waals surface area contributed by atoms with Crippen LogP contribution in [0, 0.1) is 11.8 Å². The van der Waals surface area contributed by atoms with Gasteiger partial charge in [-0.25, -0.2) is 0 Å². The Balaban J connectivity index is 1.97. The molecule has 1 heterocycles. The summed E-state index contributed by atoms with van der Waals surface area (Å²) < 4.78 is 28.0. The lowest BCUT2D eigenvalue weighted by Crippen LogP contribution is -2.49. The highest BCUT2D eigenvalue weighted by atomic mass is 32.2. The second-order valence-corrected chi connectivity index (χ2v) is 7.62. The molecule has 1 unspecified atom stereocenters. The van der Waals surface area contributed by atoms with Crippen molar-refractivity contribution in [1.82, 2.24) is 8.61 Å². The van der Waals surface area contributed by atoms with Crippen molar-refractivity contribution in [2.45, 2.75) is 38.6 Å². The molecule has 0 aromatic heterocycles. The Morgan fingerprint density at radius 2 is 1.83 bits per heavy atom. The third kappa shape index (κ3) is 2.87. The lowest BCUT2D eigenvalue weighted by molar-refractivity contribution is 0.165. The number of aliphatic hydroxyl groups excluding tert-OH is 1. The smallest absolute Gasteiger partial charge is 0.281 e. The van der Waals surface area contributed by atoms with E-state index in [1.807, 2.05) is 6.92 Å². The molecule has 2 aliphatic rings. The minimum atomic E-state index is -3.31. The van der Waals surface area contributed by atoms with E-state index in [4.69, 9.17) is 5.11 Å². The number of hydrogen-bond acceptors (Lipinski definition) is 3. The highest BCUT2D eigenvalue weighted by Crippen LogP contribution is 2.36. The average Bonchev–Trinajstić information content (AvgIpc) is 3.21. The Kier molecular flexibility index (Phi) is 4.31. The van der Waals surface area contributed by atoms with Crippen molar-refractivity contribution in [3.8, 4) is 0 Å². The van der Waals surface area contributed by atoms with Gasteiger partial charge in [-0.05, 0) is 44.4 Å². The van der Waals surface area contributed by atoms with Gasteiger partial charge in [0, 0.05) is 32.8 Å². The highest BCUT2D eigenvalue weighted by molar-refractivity contribution is 7.86. The fourth-order valence-corrected chi connectivity index (χ4v) is 4.22. The van der Waals surface area contributed by atoms with E-state index >= 15 is 0 Å². The molecule has 5 nitrogen and oxygen atoms in total. The van der Waals surface area contributed by atoms with Crippen molar-refractivity contribution in [3.63, 3.8) is 0 Å². The van der Waals surface area contributed by atoms with E-state index in [0.29, 0.717) is 19.0 Å². The van der Waals surface area contributed by atoms with Gasteiger partial charge >= 0.3 is 0 Å². The number of aliphatic hydroxyl groups is 1. The molecule has 6 heteroatoms. The maximum atomic E-state index is 12.4. The van der Waals surface area contributed by atoms with Gasteiger partial charge < -0.3 is 5.11 Å². The van der Waals surface area contributed by atoms with Gasteiger partial charge in [0.2, 0.25) is 0 Å². The summed E-state index contributed by atoms with van der Waals surface area (Å²) in [4.78, 5) is 0. The molecule has 1 saturated carbocycles. The number of nitrogens with zero attached hydrogens (tertiary/aromatic N) is 2. The van der Waals surface area contributed by atoms with Crippen LogP contribution in [0.4, 0.5) is 0 Å². The van der Waals surface area contributed by atoms with E-state index in [9.17, 15) is 8.42 Å². The molecular weight excluding hydrogens is 252 g/mol. The number of piperidine rings is 1. The molecule has 1 saturated heterocycles. The van der Waals surface area contributed by atoms with Crippen molar-refractivity contribution >= 4 is 10.2 Å². The normalized spacial score (nSPS) is 25.6. The van der Waals surface area contributed by atoms with Crippen molar-refractivity contribution < 1.29 is 13.5 Å². The summed E-state index contributed by atoms with van der Waals surface area (Å²) in [5.41, 5.74) is 0. The van der Waals surface area contributed by atoms with Crippen LogP contribution in [0.1, 0.15) is 32.6 Å². The number of hydrogen-bond donors (Lipinski definition) is 1. The van der Waals surface area contributed by atoms with Gasteiger partial charge in [0.25, 0.3) is 10.2 Å². The zero-order valence-corrected chi connectivity index (χ0v) is 12.1. The fourth-order valence-electron chi connectivity index (χ4n) is 2.59. The molecule has 106 valence electrons. The maximum Gasteiger partial charge on any atom is 0.281 e. The molecule has 0 bridgehead atoms. The maximum absolute atomic E-state index is 12.4. The summed E-state index contributed by atoms with van der Waals surface area (Å²) in [5.74, 6) is 0.808. The largest absolute Gasteiger partial charge is 0.396 e. The first-order chi connectivity index (χ1) is 8.46. The van der Waals surface area contributed by atoms with Crippen molar-refractivity contribution in [2.24, 2.45) is 11.8 Å². The molecule has 2 fully saturated rings. The summed E-state index contributed by atoms with van der Waals surface area (Å²) in [6, 6.07) is 0.102. The van der Waals surface area contributed by atoms with Crippen molar-refractivity contribution in [2.75, 3.05) is 26.7 Å². The van der Waals surface area contributed by atoms with Gasteiger partial charge in [0.1, 0.15) is 0 Å². The van der Waals surface area contributed by atoms with Crippen LogP contribution in [0.2, 0.25) is 0 Å². The summed E-state index contributed by atoms with van der Waals surface area (Å²) in [6.45, 7) is 3.24. The Morgan fingerprint density at radius 1 is 1.28 bits per heavy atom. The van der Waals surface area contributed by atoms with Crippen molar-refractivity contribution in [1.29, 1.82) is 0 Å². The van der Waals surface area contributed by atoms with E-state index in [0.717, 1.165) is 25.7 Å². The summed E-state index contributed by atoms with van der Waals surface area (Å²) in [5, 5.41) is 9.08. The second kappa shape index (κ2) is 5.45. The molecule has 0 amide bonds. The molecule has 0 spiro atoms. The minimum absolute atomic E-state index is 0.102. The van der Waals surface area contributed by atoms with Crippen LogP contribution in [0.25, 0.3) is 0 Å². The molecule has 0 aromatic rings. The lowest BCUT2D eigenvalue weighted by Gasteiger charge is -2.35. The SMILES string of the molecule is CC(C1CC1)N(C)S(=O)(=O)N1CCC(CO)CC1. The monoisotopic (exact) mass is 276 g/mol. The molecule has 2 rings (SSSR count). The second-order valence-electron chi connectivity index (χ2n) is 5.63. The molecular formula is C12H24N2O3S. The molecule has 18 heavy (non-hydrogen) atoms. The van der Waals surface area contributed by atoms with Crippen molar-refractivity contribution in [3.05, 3.63) is 0 Å². The van der Waals surface area contributed by atoms with Crippen LogP contribution < -0.4 is 0 Å². The van der Waals surface area contributed by atoms with E-state index in [1.165, 1.54) is 4.31 Å². The zero-order valence-electron chi connectivity index (χ0n) is 11.2. The average molecular weight is 276 g/mol. The van der Waals surface area contributed by atoms with Gasteiger partial charge in [0.15, 0.2) is 0 Å². The third-order valence-electron chi connectivity index (χ3n) is 4.40. The first-order valence-corrected chi connectivity index (χ1v) is 8.20. The van der Waals surface area contributed by atoms with E-state index < -0.39 is 10.2 Å². The van der Waals surface area contributed by atoms with Gasteiger partial charge in [-0.1, -0.05) is 0 Å². The molecule has 0 radical (unpaired) electrons. The standard InChI is InChI=1S/C12H24N2O3S/c1-10(12-3-4-12)13(2)18(16,17)14-7-5-11(9-15)6-8-14/h10-12,15H,3-9H2,1-2H3. The molecule has 1 N–H and O–H groups in total. The van der Waals surface area contributed by atoms with Gasteiger partial charge in [-0.2, -0.15) is 17.0 Å². The minimum Gasteiger partial charge on any atom is -0.396 e. The van der Waals surface area contributed by atoms with Gasteiger partial charge in [-0.3, -0.25) is 0 Å². The molecule has 1 atom stereocenters. The number of rotatable bonds is 5. The molecule has 1 aliphatic heterocycles. The van der Waals surface area contributed by atoms with Crippen LogP contribution in [0.15, 0.2) is 0 Å². The van der Waals surface area contributed by atoms with E-state index in [-0.39, 0.29) is 18.6 Å². The fraction of sp³-hybridized carbons (Fsp3) is 1.00. The first-order valence-electron chi connectivity index (χ1n) is 6.80. The molecule has 1 aliphatic carbocycles. The third-order valence-corrected chi connectivity index (χ3v) is 6.48. The Bertz CT molecular complexity index is 373. The highest BCUT2D eigenvalue weighted by Gasteiger charge is 2.38. The van der Waals surface area contributed by atoms with Gasteiger partial charge in [-0.15, -0.1) is 0 Å². The summed E-state index contributed by atoms with van der Waals surface area (Å²) in [7, 11) is -1.62. The topological polar surface area (TPSA) is 60.9 Å². The summed E-state index contributed by atoms with van der Waals surface area (Å²) in [6.07, 6.45) is 3.82. The predicted octanol–water partition coefficient (Wildman–Crippen LogP) is 0.666. The van der Waals surface area contributed by atoms with Crippen LogP contribution in [0.5, 0.6) is 0 Å². The van der Waals surface area contributed by atoms with E-state index in [1.54, 1.807) is 11.4 Å². The summed E-state index contributed by atoms with van der Waals surface area (Å²) >= 11 is 0. The van der Waals surface area contributed by atoms with Gasteiger partial charge in [0.05, 0.1) is 0 Å². The van der Waals surface area contributed by atoms with Crippen LogP contribution >= 0.6 is 0 Å². The lowest BCUT2D eigenvalue weighted by atomic mass is 10.00. The Morgan fingerprint density at radius 3 is 2.28 bits per heavy atom. The zero-order chi connectivity index (χ0) is 13.3. The van der Waals surface area contributed by atoms with Crippen LogP contribution in [-0.4, -0.2) is 54.9 Å². The first kappa shape index (κ1) is 14.2. The molecule has 0 aromatic carbocycles. The van der Waals surface area contributed by atoms with Crippen LogP contribution in [-0.2, 0) is 10.2 Å². The quantitative estimate of drug-likeness (QED) is 0.802.